The van der Waals surface area contributed by atoms with Crippen LogP contribution in [0.4, 0.5) is 0 Å². The summed E-state index contributed by atoms with van der Waals surface area (Å²) in [4.78, 5) is 15.7. The molecule has 0 saturated carbocycles. The number of pyridine rings is 3. The Labute approximate surface area is 327 Å². The number of hydrogen-bond donors (Lipinski definition) is 0. The molecule has 57 heavy (non-hydrogen) atoms. The van der Waals surface area contributed by atoms with Crippen LogP contribution in [-0.4, -0.2) is 15.0 Å². The zero-order valence-electron chi connectivity index (χ0n) is 30.6. The Morgan fingerprint density at radius 3 is 1.68 bits per heavy atom. The zero-order chi connectivity index (χ0) is 37.5. The molecular formula is C53H31N3O. The third-order valence-electron chi connectivity index (χ3n) is 11.4. The highest BCUT2D eigenvalue weighted by atomic mass is 16.3. The van der Waals surface area contributed by atoms with Gasteiger partial charge in [-0.05, 0) is 69.1 Å². The summed E-state index contributed by atoms with van der Waals surface area (Å²) in [6.45, 7) is 0. The number of rotatable bonds is 4. The van der Waals surface area contributed by atoms with Crippen molar-refractivity contribution in [3.8, 4) is 44.9 Å². The Morgan fingerprint density at radius 1 is 0.351 bits per heavy atom. The lowest BCUT2D eigenvalue weighted by molar-refractivity contribution is 0.672. The van der Waals surface area contributed by atoms with Gasteiger partial charge >= 0.3 is 0 Å². The average Bonchev–Trinajstić information content (AvgIpc) is 3.68. The number of para-hydroxylation sites is 1. The minimum absolute atomic E-state index is 0.845. The second-order valence-electron chi connectivity index (χ2n) is 14.7. The van der Waals surface area contributed by atoms with Crippen LogP contribution in [0.1, 0.15) is 0 Å². The van der Waals surface area contributed by atoms with Gasteiger partial charge in [-0.15, -0.1) is 0 Å². The lowest BCUT2D eigenvalue weighted by Gasteiger charge is -2.13. The molecule has 0 spiro atoms. The topological polar surface area (TPSA) is 51.8 Å². The van der Waals surface area contributed by atoms with Crippen molar-refractivity contribution in [3.05, 3.63) is 188 Å². The molecule has 0 aliphatic heterocycles. The first-order valence-electron chi connectivity index (χ1n) is 19.3. The van der Waals surface area contributed by atoms with Gasteiger partial charge in [0.15, 0.2) is 0 Å². The van der Waals surface area contributed by atoms with E-state index in [1.54, 1.807) is 0 Å². The molecule has 8 aromatic carbocycles. The number of nitrogens with zero attached hydrogens (tertiary/aromatic N) is 3. The van der Waals surface area contributed by atoms with Gasteiger partial charge in [-0.3, -0.25) is 0 Å². The first kappa shape index (κ1) is 31.6. The van der Waals surface area contributed by atoms with Gasteiger partial charge in [-0.1, -0.05) is 152 Å². The summed E-state index contributed by atoms with van der Waals surface area (Å²) in [5.74, 6) is 0. The molecule has 0 N–H and O–H groups in total. The van der Waals surface area contributed by atoms with Crippen molar-refractivity contribution in [1.29, 1.82) is 0 Å². The van der Waals surface area contributed by atoms with Crippen LogP contribution in [0.2, 0.25) is 0 Å². The third kappa shape index (κ3) is 5.04. The van der Waals surface area contributed by atoms with E-state index < -0.39 is 0 Å². The SMILES string of the molecule is c1ccc(-c2ccc3ccc4ccc(-c5ccc(-c6nc7ccc(-c8cc9ccccc9c9ccccc89)cc7c7oc8ccccc8c67)cc5)nc4c3n2)cc1. The summed E-state index contributed by atoms with van der Waals surface area (Å²) in [5.41, 5.74) is 12.6. The summed E-state index contributed by atoms with van der Waals surface area (Å²) in [6.07, 6.45) is 0. The van der Waals surface area contributed by atoms with E-state index in [9.17, 15) is 0 Å². The van der Waals surface area contributed by atoms with Gasteiger partial charge in [-0.25, -0.2) is 15.0 Å². The summed E-state index contributed by atoms with van der Waals surface area (Å²) >= 11 is 0. The van der Waals surface area contributed by atoms with Crippen molar-refractivity contribution in [2.45, 2.75) is 0 Å². The maximum atomic E-state index is 6.73. The van der Waals surface area contributed by atoms with E-state index in [0.717, 1.165) is 94.0 Å². The number of furan rings is 1. The molecule has 0 atom stereocenters. The van der Waals surface area contributed by atoms with Crippen molar-refractivity contribution < 1.29 is 4.42 Å². The average molecular weight is 726 g/mol. The molecular weight excluding hydrogens is 695 g/mol. The smallest absolute Gasteiger partial charge is 0.147 e. The summed E-state index contributed by atoms with van der Waals surface area (Å²) in [7, 11) is 0. The van der Waals surface area contributed by atoms with Crippen molar-refractivity contribution >= 4 is 76.2 Å². The molecule has 0 aliphatic rings. The Morgan fingerprint density at radius 2 is 0.930 bits per heavy atom. The highest BCUT2D eigenvalue weighted by Gasteiger charge is 2.19. The fraction of sp³-hybridized carbons (Fsp3) is 0. The number of hydrogen-bond acceptors (Lipinski definition) is 4. The van der Waals surface area contributed by atoms with E-state index in [2.05, 4.69) is 158 Å². The molecule has 4 heterocycles. The van der Waals surface area contributed by atoms with Crippen LogP contribution in [0.5, 0.6) is 0 Å². The van der Waals surface area contributed by atoms with Crippen LogP contribution in [0.3, 0.4) is 0 Å². The molecule has 4 heteroatoms. The van der Waals surface area contributed by atoms with E-state index in [-0.39, 0.29) is 0 Å². The van der Waals surface area contributed by atoms with Gasteiger partial charge in [0.05, 0.1) is 39.0 Å². The molecule has 0 radical (unpaired) electrons. The van der Waals surface area contributed by atoms with Crippen molar-refractivity contribution in [1.82, 2.24) is 15.0 Å². The van der Waals surface area contributed by atoms with Gasteiger partial charge in [0.1, 0.15) is 11.2 Å². The number of benzene rings is 8. The first-order chi connectivity index (χ1) is 28.2. The van der Waals surface area contributed by atoms with Crippen molar-refractivity contribution in [2.75, 3.05) is 0 Å². The zero-order valence-corrected chi connectivity index (χ0v) is 30.6. The van der Waals surface area contributed by atoms with Crippen molar-refractivity contribution in [3.63, 3.8) is 0 Å². The predicted molar refractivity (Wildman–Crippen MR) is 236 cm³/mol. The molecule has 4 nitrogen and oxygen atoms in total. The van der Waals surface area contributed by atoms with Gasteiger partial charge < -0.3 is 4.42 Å². The highest BCUT2D eigenvalue weighted by Crippen LogP contribution is 2.42. The second kappa shape index (κ2) is 12.4. The molecule has 0 amide bonds. The summed E-state index contributed by atoms with van der Waals surface area (Å²) in [5, 5.41) is 10.1. The Bertz CT molecular complexity index is 3570. The van der Waals surface area contributed by atoms with E-state index in [0.29, 0.717) is 0 Å². The first-order valence-corrected chi connectivity index (χ1v) is 19.3. The Hall–Kier alpha value is -7.69. The van der Waals surface area contributed by atoms with E-state index in [1.165, 1.54) is 27.1 Å². The van der Waals surface area contributed by atoms with E-state index >= 15 is 0 Å². The largest absolute Gasteiger partial charge is 0.455 e. The number of fused-ring (bicyclic) bond motifs is 11. The summed E-state index contributed by atoms with van der Waals surface area (Å²) in [6, 6.07) is 66.1. The normalized spacial score (nSPS) is 11.9. The van der Waals surface area contributed by atoms with Crippen LogP contribution < -0.4 is 0 Å². The van der Waals surface area contributed by atoms with Gasteiger partial charge in [-0.2, -0.15) is 0 Å². The fourth-order valence-electron chi connectivity index (χ4n) is 8.63. The van der Waals surface area contributed by atoms with E-state index in [1.807, 2.05) is 30.3 Å². The second-order valence-corrected chi connectivity index (χ2v) is 14.7. The third-order valence-corrected chi connectivity index (χ3v) is 11.4. The fourth-order valence-corrected chi connectivity index (χ4v) is 8.63. The summed E-state index contributed by atoms with van der Waals surface area (Å²) < 4.78 is 6.73. The number of aromatic nitrogens is 3. The molecule has 12 aromatic rings. The van der Waals surface area contributed by atoms with Crippen LogP contribution >= 0.6 is 0 Å². The molecule has 264 valence electrons. The van der Waals surface area contributed by atoms with Crippen LogP contribution in [0, 0.1) is 0 Å². The monoisotopic (exact) mass is 725 g/mol. The lowest BCUT2D eigenvalue weighted by atomic mass is 9.92. The highest BCUT2D eigenvalue weighted by molar-refractivity contribution is 6.20. The minimum Gasteiger partial charge on any atom is -0.455 e. The molecule has 0 unspecified atom stereocenters. The Kier molecular flexibility index (Phi) is 6.89. The maximum absolute atomic E-state index is 6.73. The van der Waals surface area contributed by atoms with Gasteiger partial charge in [0.2, 0.25) is 0 Å². The van der Waals surface area contributed by atoms with Gasteiger partial charge in [0, 0.05) is 38.2 Å². The minimum atomic E-state index is 0.845. The quantitative estimate of drug-likeness (QED) is 0.170. The molecule has 0 saturated heterocycles. The predicted octanol–water partition coefficient (Wildman–Crippen LogP) is 14.2. The van der Waals surface area contributed by atoms with Gasteiger partial charge in [0.25, 0.3) is 0 Å². The Balaban J connectivity index is 0.992. The van der Waals surface area contributed by atoms with Crippen molar-refractivity contribution in [2.24, 2.45) is 0 Å². The molecule has 0 bridgehead atoms. The maximum Gasteiger partial charge on any atom is 0.147 e. The van der Waals surface area contributed by atoms with Crippen LogP contribution in [0.15, 0.2) is 192 Å². The van der Waals surface area contributed by atoms with Crippen LogP contribution in [-0.2, 0) is 0 Å². The molecule has 0 fully saturated rings. The van der Waals surface area contributed by atoms with Crippen LogP contribution in [0.25, 0.3) is 121 Å². The standard InChI is InChI=1S/C53H31N3O/c1-2-10-32(11-3-1)45-27-24-35-22-23-36-25-28-46(55-52(36)51(35)54-45)33-18-20-34(21-19-33)50-49-42-16-8-9-17-48(42)57-53(49)44-31-38(26-29-47(44)56-50)43-30-37-12-4-5-13-39(37)40-14-6-7-15-41(40)43/h1-31H. The lowest BCUT2D eigenvalue weighted by Crippen LogP contribution is -1.92. The van der Waals surface area contributed by atoms with E-state index in [4.69, 9.17) is 19.4 Å². The molecule has 4 aromatic heterocycles. The molecule has 0 aliphatic carbocycles. The molecule has 12 rings (SSSR count).